The fourth-order valence-electron chi connectivity index (χ4n) is 3.42. The number of aromatic hydroxyl groups is 1. The molecule has 1 aliphatic heterocycles. The van der Waals surface area contributed by atoms with E-state index in [1.54, 1.807) is 6.07 Å². The van der Waals surface area contributed by atoms with Crippen molar-refractivity contribution in [3.63, 3.8) is 0 Å². The van der Waals surface area contributed by atoms with E-state index in [0.29, 0.717) is 0 Å². The number of aliphatic hydroxyl groups excluding tert-OH is 1. The van der Waals surface area contributed by atoms with Crippen LogP contribution in [0.2, 0.25) is 0 Å². The van der Waals surface area contributed by atoms with Gasteiger partial charge in [-0.2, -0.15) is 0 Å². The molecular weight excluding hydrogens is 286 g/mol. The quantitative estimate of drug-likeness (QED) is 0.907. The SMILES string of the molecule is Cc1cc2c(cc1O)C(O)C(C)N(CCCc1ccccc1)C2. The van der Waals surface area contributed by atoms with Gasteiger partial charge in [0.1, 0.15) is 5.75 Å². The maximum atomic E-state index is 10.6. The zero-order valence-electron chi connectivity index (χ0n) is 13.9. The first-order valence-corrected chi connectivity index (χ1v) is 8.34. The molecule has 2 aromatic rings. The summed E-state index contributed by atoms with van der Waals surface area (Å²) < 4.78 is 0. The van der Waals surface area contributed by atoms with Crippen molar-refractivity contribution in [2.24, 2.45) is 0 Å². The second-order valence-corrected chi connectivity index (χ2v) is 6.58. The van der Waals surface area contributed by atoms with Crippen molar-refractivity contribution in [3.8, 4) is 5.75 Å². The van der Waals surface area contributed by atoms with Crippen molar-refractivity contribution in [1.29, 1.82) is 0 Å². The Labute approximate surface area is 138 Å². The number of hydrogen-bond donors (Lipinski definition) is 2. The van der Waals surface area contributed by atoms with E-state index in [9.17, 15) is 10.2 Å². The standard InChI is InChI=1S/C20H25NO2/c1-14-11-17-13-21(10-6-9-16-7-4-3-5-8-16)15(2)20(23)18(17)12-19(14)22/h3-5,7-8,11-12,15,20,22-23H,6,9-10,13H2,1-2H3. The summed E-state index contributed by atoms with van der Waals surface area (Å²) in [6.45, 7) is 5.77. The molecule has 0 bridgehead atoms. The maximum Gasteiger partial charge on any atom is 0.118 e. The number of nitrogens with zero attached hydrogens (tertiary/aromatic N) is 1. The molecule has 0 saturated heterocycles. The van der Waals surface area contributed by atoms with Crippen LogP contribution in [0, 0.1) is 6.92 Å². The minimum Gasteiger partial charge on any atom is -0.508 e. The van der Waals surface area contributed by atoms with Gasteiger partial charge in [-0.3, -0.25) is 4.90 Å². The van der Waals surface area contributed by atoms with E-state index in [0.717, 1.165) is 42.6 Å². The highest BCUT2D eigenvalue weighted by molar-refractivity contribution is 5.43. The average Bonchev–Trinajstić information content (AvgIpc) is 2.55. The molecule has 3 heteroatoms. The van der Waals surface area contributed by atoms with Gasteiger partial charge >= 0.3 is 0 Å². The van der Waals surface area contributed by atoms with Crippen LogP contribution in [0.15, 0.2) is 42.5 Å². The zero-order chi connectivity index (χ0) is 16.4. The van der Waals surface area contributed by atoms with Crippen LogP contribution in [0.4, 0.5) is 0 Å². The third-order valence-electron chi connectivity index (χ3n) is 4.94. The highest BCUT2D eigenvalue weighted by Gasteiger charge is 2.31. The van der Waals surface area contributed by atoms with Gasteiger partial charge < -0.3 is 10.2 Å². The number of benzene rings is 2. The van der Waals surface area contributed by atoms with Gasteiger partial charge in [-0.15, -0.1) is 0 Å². The minimum absolute atomic E-state index is 0.0698. The molecular formula is C20H25NO2. The first kappa shape index (κ1) is 16.0. The zero-order valence-corrected chi connectivity index (χ0v) is 13.9. The molecule has 2 N–H and O–H groups in total. The van der Waals surface area contributed by atoms with Crippen LogP contribution in [0.1, 0.15) is 41.7 Å². The molecule has 0 aromatic heterocycles. The van der Waals surface area contributed by atoms with Crippen LogP contribution in [-0.4, -0.2) is 27.7 Å². The van der Waals surface area contributed by atoms with Gasteiger partial charge in [-0.05, 0) is 61.6 Å². The summed E-state index contributed by atoms with van der Waals surface area (Å²) in [5.41, 5.74) is 4.24. The normalized spacial score (nSPS) is 21.2. The summed E-state index contributed by atoms with van der Waals surface area (Å²) in [6.07, 6.45) is 1.59. The van der Waals surface area contributed by atoms with Gasteiger partial charge in [-0.25, -0.2) is 0 Å². The Hall–Kier alpha value is -1.84. The average molecular weight is 311 g/mol. The maximum absolute atomic E-state index is 10.6. The predicted octanol–water partition coefficient (Wildman–Crippen LogP) is 3.57. The first-order chi connectivity index (χ1) is 11.1. The number of phenolic OH excluding ortho intramolecular Hbond substituents is 1. The lowest BCUT2D eigenvalue weighted by Crippen LogP contribution is -2.42. The van der Waals surface area contributed by atoms with Crippen molar-refractivity contribution in [2.75, 3.05) is 6.54 Å². The Morgan fingerprint density at radius 3 is 2.65 bits per heavy atom. The summed E-state index contributed by atoms with van der Waals surface area (Å²) in [5, 5.41) is 20.5. The van der Waals surface area contributed by atoms with Crippen LogP contribution in [0.5, 0.6) is 5.75 Å². The van der Waals surface area contributed by atoms with E-state index in [2.05, 4.69) is 36.1 Å². The van der Waals surface area contributed by atoms with Gasteiger partial charge in [0.15, 0.2) is 0 Å². The molecule has 0 fully saturated rings. The largest absolute Gasteiger partial charge is 0.508 e. The summed E-state index contributed by atoms with van der Waals surface area (Å²) >= 11 is 0. The van der Waals surface area contributed by atoms with Crippen molar-refractivity contribution in [1.82, 2.24) is 4.90 Å². The Balaban J connectivity index is 1.68. The smallest absolute Gasteiger partial charge is 0.118 e. The lowest BCUT2D eigenvalue weighted by atomic mass is 9.90. The molecule has 1 heterocycles. The Kier molecular flexibility index (Phi) is 4.69. The molecule has 122 valence electrons. The minimum atomic E-state index is -0.540. The summed E-state index contributed by atoms with van der Waals surface area (Å²) in [5.74, 6) is 0.271. The number of aliphatic hydroxyl groups is 1. The Morgan fingerprint density at radius 2 is 1.91 bits per heavy atom. The van der Waals surface area contributed by atoms with Gasteiger partial charge in [0.2, 0.25) is 0 Å². The Morgan fingerprint density at radius 1 is 1.17 bits per heavy atom. The van der Waals surface area contributed by atoms with Gasteiger partial charge in [0.05, 0.1) is 6.10 Å². The molecule has 1 aliphatic rings. The van der Waals surface area contributed by atoms with Gasteiger partial charge in [-0.1, -0.05) is 36.4 Å². The molecule has 0 aliphatic carbocycles. The second kappa shape index (κ2) is 6.73. The Bertz CT molecular complexity index is 669. The lowest BCUT2D eigenvalue weighted by molar-refractivity contribution is 0.0368. The molecule has 23 heavy (non-hydrogen) atoms. The fraction of sp³-hybridized carbons (Fsp3) is 0.400. The molecule has 2 atom stereocenters. The van der Waals surface area contributed by atoms with Crippen LogP contribution in [-0.2, 0) is 13.0 Å². The van der Waals surface area contributed by atoms with E-state index in [4.69, 9.17) is 0 Å². The van der Waals surface area contributed by atoms with E-state index >= 15 is 0 Å². The number of aryl methyl sites for hydroxylation is 2. The summed E-state index contributed by atoms with van der Waals surface area (Å²) in [6, 6.07) is 14.3. The highest BCUT2D eigenvalue weighted by atomic mass is 16.3. The van der Waals surface area contributed by atoms with Crippen LogP contribution >= 0.6 is 0 Å². The predicted molar refractivity (Wildman–Crippen MR) is 92.4 cm³/mol. The van der Waals surface area contributed by atoms with E-state index < -0.39 is 6.10 Å². The van der Waals surface area contributed by atoms with Crippen LogP contribution < -0.4 is 0 Å². The molecule has 2 aromatic carbocycles. The summed E-state index contributed by atoms with van der Waals surface area (Å²) in [7, 11) is 0. The molecule has 2 unspecified atom stereocenters. The molecule has 3 rings (SSSR count). The monoisotopic (exact) mass is 311 g/mol. The van der Waals surface area contributed by atoms with Gasteiger partial charge in [0, 0.05) is 12.6 Å². The van der Waals surface area contributed by atoms with Crippen molar-refractivity contribution in [2.45, 2.75) is 45.4 Å². The van der Waals surface area contributed by atoms with Crippen molar-refractivity contribution in [3.05, 3.63) is 64.7 Å². The van der Waals surface area contributed by atoms with Crippen LogP contribution in [0.25, 0.3) is 0 Å². The highest BCUT2D eigenvalue weighted by Crippen LogP contribution is 2.35. The van der Waals surface area contributed by atoms with Crippen LogP contribution in [0.3, 0.4) is 0 Å². The van der Waals surface area contributed by atoms with E-state index in [1.807, 2.05) is 19.1 Å². The number of rotatable bonds is 4. The second-order valence-electron chi connectivity index (χ2n) is 6.58. The lowest BCUT2D eigenvalue weighted by Gasteiger charge is -2.38. The number of fused-ring (bicyclic) bond motifs is 1. The van der Waals surface area contributed by atoms with Crippen molar-refractivity contribution >= 4 is 0 Å². The third-order valence-corrected chi connectivity index (χ3v) is 4.94. The molecule has 3 nitrogen and oxygen atoms in total. The molecule has 0 spiro atoms. The fourth-order valence-corrected chi connectivity index (χ4v) is 3.42. The third kappa shape index (κ3) is 3.41. The van der Waals surface area contributed by atoms with E-state index in [-0.39, 0.29) is 11.8 Å². The molecule has 0 amide bonds. The van der Waals surface area contributed by atoms with E-state index in [1.165, 1.54) is 5.56 Å². The summed E-state index contributed by atoms with van der Waals surface area (Å²) in [4.78, 5) is 2.34. The van der Waals surface area contributed by atoms with Crippen molar-refractivity contribution < 1.29 is 10.2 Å². The topological polar surface area (TPSA) is 43.7 Å². The molecule has 0 radical (unpaired) electrons. The first-order valence-electron chi connectivity index (χ1n) is 8.34. The number of phenols is 1. The number of hydrogen-bond acceptors (Lipinski definition) is 3. The van der Waals surface area contributed by atoms with Gasteiger partial charge in [0.25, 0.3) is 0 Å². The molecule has 0 saturated carbocycles.